The molecule has 0 bridgehead atoms. The average molecular weight is 159 g/mol. The van der Waals surface area contributed by atoms with Gasteiger partial charge in [-0.3, -0.25) is 6.08 Å². The molecule has 0 saturated heterocycles. The minimum atomic E-state index is 0. The molecule has 0 heterocycles. The summed E-state index contributed by atoms with van der Waals surface area (Å²) in [4.78, 5) is 0. The van der Waals surface area contributed by atoms with E-state index in [4.69, 9.17) is 12.3 Å². The molecular weight excluding hydrogens is 151 g/mol. The fraction of sp³-hybridized carbons (Fsp3) is 0.500. The van der Waals surface area contributed by atoms with Gasteiger partial charge in [0, 0.05) is 32.7 Å². The minimum absolute atomic E-state index is 0. The van der Waals surface area contributed by atoms with Crippen molar-refractivity contribution in [3.63, 3.8) is 0 Å². The van der Waals surface area contributed by atoms with Gasteiger partial charge in [0.25, 0.3) is 0 Å². The number of hydrogen-bond acceptors (Lipinski definition) is 1. The van der Waals surface area contributed by atoms with E-state index < -0.39 is 0 Å². The normalized spacial score (nSPS) is 6.17. The topological polar surface area (TPSA) is 26.0 Å². The quantitative estimate of drug-likeness (QED) is 0.577. The zero-order valence-electron chi connectivity index (χ0n) is 3.72. The van der Waals surface area contributed by atoms with Crippen LogP contribution in [0.1, 0.15) is 6.42 Å². The van der Waals surface area contributed by atoms with Crippen LogP contribution in [-0.4, -0.2) is 6.54 Å². The molecular formula is C4H8NY-. The summed E-state index contributed by atoms with van der Waals surface area (Å²) in [6.07, 6.45) is 2.38. The van der Waals surface area contributed by atoms with Gasteiger partial charge in [-0.15, -0.1) is 0 Å². The molecule has 6 heavy (non-hydrogen) atoms. The molecule has 2 heteroatoms. The van der Waals surface area contributed by atoms with E-state index in [0.717, 1.165) is 6.42 Å². The van der Waals surface area contributed by atoms with Gasteiger partial charge in [-0.1, -0.05) is 6.42 Å². The Morgan fingerprint density at radius 1 is 1.67 bits per heavy atom. The van der Waals surface area contributed by atoms with Gasteiger partial charge < -0.3 is 12.3 Å². The van der Waals surface area contributed by atoms with Crippen LogP contribution in [0.25, 0.3) is 0 Å². The van der Waals surface area contributed by atoms with Crippen LogP contribution in [0, 0.1) is 6.58 Å². The summed E-state index contributed by atoms with van der Waals surface area (Å²) < 4.78 is 0. The standard InChI is InChI=1S/C4H8N.Y/c1-2-3-4-5;/h1-2H,3-5H2;/q-1;. The van der Waals surface area contributed by atoms with Gasteiger partial charge in [0.15, 0.2) is 0 Å². The zero-order chi connectivity index (χ0) is 4.12. The van der Waals surface area contributed by atoms with E-state index in [0.29, 0.717) is 6.54 Å². The Hall–Kier alpha value is 0.804. The largest absolute Gasteiger partial charge is 0.518 e. The van der Waals surface area contributed by atoms with Gasteiger partial charge in [-0.25, -0.2) is 0 Å². The summed E-state index contributed by atoms with van der Waals surface area (Å²) in [5, 5.41) is 0. The molecule has 1 radical (unpaired) electrons. The van der Waals surface area contributed by atoms with Gasteiger partial charge in [-0.2, -0.15) is 0 Å². The second kappa shape index (κ2) is 9.26. The molecule has 0 fully saturated rings. The Morgan fingerprint density at radius 2 is 2.17 bits per heavy atom. The minimum Gasteiger partial charge on any atom is -0.518 e. The maximum Gasteiger partial charge on any atom is 0 e. The first-order valence-electron chi connectivity index (χ1n) is 1.65. The molecule has 0 rings (SSSR count). The van der Waals surface area contributed by atoms with E-state index in [-0.39, 0.29) is 32.7 Å². The van der Waals surface area contributed by atoms with Gasteiger partial charge in [-0.05, 0) is 6.54 Å². The summed E-state index contributed by atoms with van der Waals surface area (Å²) in [5.74, 6) is 0. The molecule has 0 unspecified atom stereocenters. The molecule has 33 valence electrons. The molecule has 0 aromatic carbocycles. The summed E-state index contributed by atoms with van der Waals surface area (Å²) in [6.45, 7) is 5.60. The van der Waals surface area contributed by atoms with Crippen LogP contribution >= 0.6 is 0 Å². The zero-order valence-corrected chi connectivity index (χ0v) is 6.56. The van der Waals surface area contributed by atoms with Crippen LogP contribution in [0.4, 0.5) is 0 Å². The molecule has 0 aliphatic heterocycles. The summed E-state index contributed by atoms with van der Waals surface area (Å²) in [5.41, 5.74) is 5.03. The van der Waals surface area contributed by atoms with E-state index in [1.54, 1.807) is 6.08 Å². The van der Waals surface area contributed by atoms with Crippen molar-refractivity contribution < 1.29 is 32.7 Å². The van der Waals surface area contributed by atoms with Gasteiger partial charge >= 0.3 is 0 Å². The van der Waals surface area contributed by atoms with Crippen LogP contribution in [0.3, 0.4) is 0 Å². The monoisotopic (exact) mass is 159 g/mol. The summed E-state index contributed by atoms with van der Waals surface area (Å²) >= 11 is 0. The van der Waals surface area contributed by atoms with Crippen molar-refractivity contribution in [3.8, 4) is 0 Å². The van der Waals surface area contributed by atoms with Crippen molar-refractivity contribution in [2.24, 2.45) is 5.73 Å². The first-order chi connectivity index (χ1) is 2.41. The maximum absolute atomic E-state index is 5.03. The predicted molar refractivity (Wildman–Crippen MR) is 22.5 cm³/mol. The molecule has 0 saturated carbocycles. The molecule has 0 aromatic heterocycles. The Labute approximate surface area is 63.9 Å². The maximum atomic E-state index is 5.03. The van der Waals surface area contributed by atoms with E-state index in [9.17, 15) is 0 Å². The van der Waals surface area contributed by atoms with E-state index >= 15 is 0 Å². The Balaban J connectivity index is 0. The van der Waals surface area contributed by atoms with Crippen molar-refractivity contribution in [2.75, 3.05) is 6.54 Å². The van der Waals surface area contributed by atoms with Crippen molar-refractivity contribution in [1.29, 1.82) is 0 Å². The molecule has 0 amide bonds. The Morgan fingerprint density at radius 3 is 2.17 bits per heavy atom. The Kier molecular flexibility index (Phi) is 15.3. The van der Waals surface area contributed by atoms with Crippen LogP contribution in [0.15, 0.2) is 6.08 Å². The average Bonchev–Trinajstić information content (AvgIpc) is 1.41. The molecule has 1 nitrogen and oxygen atoms in total. The summed E-state index contributed by atoms with van der Waals surface area (Å²) in [7, 11) is 0. The number of rotatable bonds is 2. The van der Waals surface area contributed by atoms with Crippen molar-refractivity contribution in [3.05, 3.63) is 12.7 Å². The molecule has 0 spiro atoms. The fourth-order valence-corrected chi connectivity index (χ4v) is 0.0962. The first-order valence-corrected chi connectivity index (χ1v) is 1.65. The fourth-order valence-electron chi connectivity index (χ4n) is 0.0962. The second-order valence-electron chi connectivity index (χ2n) is 0.813. The molecule has 2 N–H and O–H groups in total. The van der Waals surface area contributed by atoms with Crippen LogP contribution in [-0.2, 0) is 32.7 Å². The van der Waals surface area contributed by atoms with Crippen LogP contribution in [0.5, 0.6) is 0 Å². The van der Waals surface area contributed by atoms with Crippen molar-refractivity contribution in [2.45, 2.75) is 6.42 Å². The SMILES string of the molecule is [CH-]=CCCN.[Y]. The number of nitrogens with two attached hydrogens (primary N) is 1. The van der Waals surface area contributed by atoms with Crippen molar-refractivity contribution in [1.82, 2.24) is 0 Å². The molecule has 0 aromatic rings. The summed E-state index contributed by atoms with van der Waals surface area (Å²) in [6, 6.07) is 0. The number of hydrogen-bond donors (Lipinski definition) is 1. The second-order valence-corrected chi connectivity index (χ2v) is 0.813. The molecule has 0 atom stereocenters. The third-order valence-electron chi connectivity index (χ3n) is 0.333. The first kappa shape index (κ1) is 9.93. The van der Waals surface area contributed by atoms with Gasteiger partial charge in [0.1, 0.15) is 0 Å². The molecule has 0 aliphatic rings. The predicted octanol–water partition coefficient (Wildman–Crippen LogP) is 0.322. The Bertz CT molecular complexity index is 28.7. The third kappa shape index (κ3) is 8.84. The van der Waals surface area contributed by atoms with E-state index in [2.05, 4.69) is 0 Å². The van der Waals surface area contributed by atoms with Gasteiger partial charge in [0.2, 0.25) is 0 Å². The van der Waals surface area contributed by atoms with E-state index in [1.807, 2.05) is 0 Å². The van der Waals surface area contributed by atoms with Gasteiger partial charge in [0.05, 0.1) is 0 Å². The smallest absolute Gasteiger partial charge is 0 e. The third-order valence-corrected chi connectivity index (χ3v) is 0.333. The molecule has 0 aliphatic carbocycles. The van der Waals surface area contributed by atoms with Crippen molar-refractivity contribution >= 4 is 0 Å². The van der Waals surface area contributed by atoms with Crippen LogP contribution in [0.2, 0.25) is 0 Å². The van der Waals surface area contributed by atoms with E-state index in [1.165, 1.54) is 0 Å². The van der Waals surface area contributed by atoms with Crippen LogP contribution < -0.4 is 5.73 Å².